The molecule has 0 radical (unpaired) electrons. The molecule has 0 atom stereocenters. The highest BCUT2D eigenvalue weighted by molar-refractivity contribution is 14.0. The van der Waals surface area contributed by atoms with E-state index in [1.807, 2.05) is 37.6 Å². The molecule has 0 aromatic heterocycles. The van der Waals surface area contributed by atoms with Gasteiger partial charge in [0.1, 0.15) is 0 Å². The van der Waals surface area contributed by atoms with Crippen molar-refractivity contribution in [1.82, 2.24) is 24.9 Å². The molecule has 0 aliphatic carbocycles. The predicted octanol–water partition coefficient (Wildman–Crippen LogP) is 2.71. The first kappa shape index (κ1) is 28.6. The second-order valence-corrected chi connectivity index (χ2v) is 8.12. The molecule has 2 rings (SSSR count). The van der Waals surface area contributed by atoms with Gasteiger partial charge in [-0.3, -0.25) is 9.69 Å². The zero-order valence-electron chi connectivity index (χ0n) is 20.6. The van der Waals surface area contributed by atoms with Crippen molar-refractivity contribution in [3.8, 4) is 0 Å². The van der Waals surface area contributed by atoms with Gasteiger partial charge >= 0.3 is 0 Å². The van der Waals surface area contributed by atoms with Crippen LogP contribution < -0.4 is 5.32 Å². The van der Waals surface area contributed by atoms with E-state index in [1.165, 1.54) is 24.2 Å². The zero-order chi connectivity index (χ0) is 22.6. The number of guanidine groups is 1. The first-order chi connectivity index (χ1) is 15.0. The smallest absolute Gasteiger partial charge is 0.242 e. The maximum Gasteiger partial charge on any atom is 0.242 e. The van der Waals surface area contributed by atoms with Crippen molar-refractivity contribution in [1.29, 1.82) is 0 Å². The Bertz CT molecular complexity index is 684. The third kappa shape index (κ3) is 9.23. The van der Waals surface area contributed by atoms with Gasteiger partial charge in [0.2, 0.25) is 5.91 Å². The maximum atomic E-state index is 12.4. The summed E-state index contributed by atoms with van der Waals surface area (Å²) in [4.78, 5) is 26.0. The van der Waals surface area contributed by atoms with E-state index in [-0.39, 0.29) is 29.9 Å². The highest BCUT2D eigenvalue weighted by Gasteiger charge is 2.16. The molecule has 1 amide bonds. The number of nitrogens with zero attached hydrogens (tertiary/aromatic N) is 5. The van der Waals surface area contributed by atoms with E-state index in [2.05, 4.69) is 46.3 Å². The summed E-state index contributed by atoms with van der Waals surface area (Å²) >= 11 is 0. The highest BCUT2D eigenvalue weighted by Crippen LogP contribution is 2.11. The molecule has 182 valence electrons. The molecule has 1 aliphatic rings. The van der Waals surface area contributed by atoms with Crippen molar-refractivity contribution in [3.05, 3.63) is 35.4 Å². The van der Waals surface area contributed by atoms with Crippen LogP contribution in [0.1, 0.15) is 38.8 Å². The van der Waals surface area contributed by atoms with Crippen molar-refractivity contribution in [2.45, 2.75) is 40.8 Å². The van der Waals surface area contributed by atoms with Crippen LogP contribution in [0.5, 0.6) is 0 Å². The Morgan fingerprint density at radius 2 is 1.53 bits per heavy atom. The molecule has 1 N–H and O–H groups in total. The summed E-state index contributed by atoms with van der Waals surface area (Å²) in [5.41, 5.74) is 2.53. The van der Waals surface area contributed by atoms with Crippen LogP contribution in [0.3, 0.4) is 0 Å². The molecular formula is C24H43IN6O. The molecular weight excluding hydrogens is 515 g/mol. The lowest BCUT2D eigenvalue weighted by atomic mass is 10.1. The number of piperazine rings is 1. The van der Waals surface area contributed by atoms with Crippen LogP contribution in [0.4, 0.5) is 0 Å². The molecule has 0 spiro atoms. The Balaban J connectivity index is 0.00000512. The van der Waals surface area contributed by atoms with Crippen molar-refractivity contribution in [3.63, 3.8) is 0 Å². The van der Waals surface area contributed by atoms with Crippen LogP contribution in [-0.2, 0) is 17.9 Å². The van der Waals surface area contributed by atoms with E-state index >= 15 is 0 Å². The molecule has 1 aromatic carbocycles. The number of hydrogen-bond donors (Lipinski definition) is 1. The fourth-order valence-electron chi connectivity index (χ4n) is 3.86. The third-order valence-electron chi connectivity index (χ3n) is 5.94. The number of carbonyl (C=O) groups is 1. The second kappa shape index (κ2) is 15.4. The largest absolute Gasteiger partial charge is 0.357 e. The maximum absolute atomic E-state index is 12.4. The van der Waals surface area contributed by atoms with Gasteiger partial charge in [-0.2, -0.15) is 0 Å². The summed E-state index contributed by atoms with van der Waals surface area (Å²) < 4.78 is 0. The first-order valence-electron chi connectivity index (χ1n) is 11.8. The molecule has 7 nitrogen and oxygen atoms in total. The van der Waals surface area contributed by atoms with E-state index < -0.39 is 0 Å². The van der Waals surface area contributed by atoms with Crippen LogP contribution >= 0.6 is 24.0 Å². The number of likely N-dealkylation sites (N-methyl/N-ethyl adjacent to an activating group) is 3. The summed E-state index contributed by atoms with van der Waals surface area (Å²) in [7, 11) is 1.92. The van der Waals surface area contributed by atoms with Crippen LogP contribution in [0, 0.1) is 0 Å². The number of amides is 1. The SMILES string of the molecule is CCNC(=NCc1ccc(CN2CCN(CC)CC2)cc1)N(C)CC(=O)N(CC)CC.I. The fourth-order valence-corrected chi connectivity index (χ4v) is 3.86. The van der Waals surface area contributed by atoms with Gasteiger partial charge in [-0.1, -0.05) is 31.2 Å². The minimum Gasteiger partial charge on any atom is -0.357 e. The number of aliphatic imine (C=N–C) groups is 1. The monoisotopic (exact) mass is 558 g/mol. The lowest BCUT2D eigenvalue weighted by molar-refractivity contribution is -0.131. The number of benzene rings is 1. The van der Waals surface area contributed by atoms with Crippen LogP contribution in [-0.4, -0.2) is 97.4 Å². The van der Waals surface area contributed by atoms with E-state index in [0.29, 0.717) is 13.1 Å². The molecule has 1 heterocycles. The topological polar surface area (TPSA) is 54.4 Å². The van der Waals surface area contributed by atoms with Crippen molar-refractivity contribution in [2.24, 2.45) is 4.99 Å². The van der Waals surface area contributed by atoms with Gasteiger partial charge in [-0.25, -0.2) is 4.99 Å². The molecule has 1 saturated heterocycles. The first-order valence-corrected chi connectivity index (χ1v) is 11.8. The van der Waals surface area contributed by atoms with Crippen molar-refractivity contribution < 1.29 is 4.79 Å². The average Bonchev–Trinajstić information content (AvgIpc) is 2.79. The van der Waals surface area contributed by atoms with Crippen molar-refractivity contribution in [2.75, 3.05) is 66.0 Å². The van der Waals surface area contributed by atoms with Crippen LogP contribution in [0.25, 0.3) is 0 Å². The van der Waals surface area contributed by atoms with Crippen LogP contribution in [0.15, 0.2) is 29.3 Å². The van der Waals surface area contributed by atoms with E-state index in [0.717, 1.165) is 51.8 Å². The van der Waals surface area contributed by atoms with Crippen LogP contribution in [0.2, 0.25) is 0 Å². The Morgan fingerprint density at radius 1 is 0.969 bits per heavy atom. The number of nitrogens with one attached hydrogen (secondary N) is 1. The van der Waals surface area contributed by atoms with Crippen molar-refractivity contribution >= 4 is 35.8 Å². The lowest BCUT2D eigenvalue weighted by Gasteiger charge is -2.34. The summed E-state index contributed by atoms with van der Waals surface area (Å²) in [6.45, 7) is 18.3. The Kier molecular flexibility index (Phi) is 13.8. The molecule has 1 aromatic rings. The third-order valence-corrected chi connectivity index (χ3v) is 5.94. The highest BCUT2D eigenvalue weighted by atomic mass is 127. The molecule has 0 bridgehead atoms. The van der Waals surface area contributed by atoms with E-state index in [4.69, 9.17) is 4.99 Å². The summed E-state index contributed by atoms with van der Waals surface area (Å²) in [6.07, 6.45) is 0. The molecule has 32 heavy (non-hydrogen) atoms. The van der Waals surface area contributed by atoms with E-state index in [1.54, 1.807) is 0 Å². The van der Waals surface area contributed by atoms with Gasteiger partial charge in [0, 0.05) is 59.4 Å². The van der Waals surface area contributed by atoms with Gasteiger partial charge in [0.05, 0.1) is 13.1 Å². The zero-order valence-corrected chi connectivity index (χ0v) is 23.0. The number of hydrogen-bond acceptors (Lipinski definition) is 4. The van der Waals surface area contributed by atoms with Gasteiger partial charge in [0.25, 0.3) is 0 Å². The molecule has 0 saturated carbocycles. The Morgan fingerprint density at radius 3 is 2.06 bits per heavy atom. The number of rotatable bonds is 10. The minimum atomic E-state index is 0. The molecule has 1 fully saturated rings. The molecule has 8 heteroatoms. The van der Waals surface area contributed by atoms with Gasteiger partial charge in [-0.05, 0) is 38.4 Å². The standard InChI is InChI=1S/C24H42N6O.HI/c1-6-25-24(27(5)20-23(31)30(8-3)9-4)26-18-21-10-12-22(13-11-21)19-29-16-14-28(7-2)15-17-29;/h10-13H,6-9,14-20H2,1-5H3,(H,25,26);1H. The lowest BCUT2D eigenvalue weighted by Crippen LogP contribution is -2.45. The van der Waals surface area contributed by atoms with Gasteiger partial charge in [-0.15, -0.1) is 24.0 Å². The quantitative estimate of drug-likeness (QED) is 0.272. The Hall–Kier alpha value is -1.39. The summed E-state index contributed by atoms with van der Waals surface area (Å²) in [5.74, 6) is 0.892. The molecule has 0 unspecified atom stereocenters. The molecule has 1 aliphatic heterocycles. The normalized spacial score (nSPS) is 15.2. The van der Waals surface area contributed by atoms with Gasteiger partial charge < -0.3 is 20.0 Å². The average molecular weight is 559 g/mol. The predicted molar refractivity (Wildman–Crippen MR) is 145 cm³/mol. The summed E-state index contributed by atoms with van der Waals surface area (Å²) in [6, 6.07) is 8.78. The summed E-state index contributed by atoms with van der Waals surface area (Å²) in [5, 5.41) is 3.30. The number of carbonyl (C=O) groups excluding carboxylic acids is 1. The van der Waals surface area contributed by atoms with E-state index in [9.17, 15) is 4.79 Å². The Labute approximate surface area is 212 Å². The fraction of sp³-hybridized carbons (Fsp3) is 0.667. The second-order valence-electron chi connectivity index (χ2n) is 8.12. The number of halogens is 1. The minimum absolute atomic E-state index is 0. The van der Waals surface area contributed by atoms with Gasteiger partial charge in [0.15, 0.2) is 5.96 Å².